The summed E-state index contributed by atoms with van der Waals surface area (Å²) in [7, 11) is 0. The van der Waals surface area contributed by atoms with Crippen molar-refractivity contribution >= 4 is 23.9 Å². The third-order valence-corrected chi connectivity index (χ3v) is 25.5. The number of piperidine rings is 1. The predicted molar refractivity (Wildman–Crippen MR) is 459 cm³/mol. The molecule has 6 unspecified atom stereocenters. The SMILES string of the molecule is CCCCC(CCCC)CCOC(=O)CCCCCCCCCC(CCCCCCCCCC(=O)OCCC(CCCC)CC(CC)C(CCC)C(CCCC)CCOC(=O)CCCCCCCCCC(CCCCCCCCCC(=O)OCCC(CCCC)CCCC)CN1CCCC1)CN1CCCCC1. The Morgan fingerprint density at radius 1 is 0.243 bits per heavy atom. The Kier molecular flexibility index (Phi) is 70.9. The molecule has 0 amide bonds. The van der Waals surface area contributed by atoms with Gasteiger partial charge in [0.2, 0.25) is 0 Å². The van der Waals surface area contributed by atoms with E-state index in [9.17, 15) is 19.2 Å². The number of esters is 4. The van der Waals surface area contributed by atoms with Crippen LogP contribution < -0.4 is 0 Å². The minimum Gasteiger partial charge on any atom is -0.466 e. The van der Waals surface area contributed by atoms with Crippen LogP contribution in [0.2, 0.25) is 0 Å². The van der Waals surface area contributed by atoms with Gasteiger partial charge in [0.1, 0.15) is 0 Å². The first-order valence-electron chi connectivity index (χ1n) is 48.6. The summed E-state index contributed by atoms with van der Waals surface area (Å²) in [5.74, 6) is 5.57. The molecule has 2 saturated heterocycles. The number of unbranched alkanes of at least 4 members (excludes halogenated alkanes) is 30. The standard InChI is InChI=1S/C97H186N2O8/c1-9-17-57-86(58-18-10-2)71-79-104-94(100)67-48-39-31-23-27-35-44-62-89(84-98-75-52-43-53-76-98)63-45-36-28-25-33-41-50-69-96(102)106-81-73-88(61-21-13-5)83-91(16-8)93(56-15-7)92(66-22-14-6)74-82-107-97(103)70-51-42-34-26-30-38-47-65-90(85-99-77-54-55-78-99)64-46-37-29-24-32-40-49-68-95(101)105-80-72-87(59-19-11-3)60-20-12-4/h86-93H,9-85H2,1-8H3. The van der Waals surface area contributed by atoms with Crippen LogP contribution in [0.1, 0.15) is 486 Å². The Balaban J connectivity index is 1.62. The summed E-state index contributed by atoms with van der Waals surface area (Å²) in [4.78, 5) is 56.6. The van der Waals surface area contributed by atoms with Crippen molar-refractivity contribution in [2.75, 3.05) is 65.7 Å². The molecule has 2 fully saturated rings. The van der Waals surface area contributed by atoms with Gasteiger partial charge < -0.3 is 28.7 Å². The molecule has 0 aromatic carbocycles. The van der Waals surface area contributed by atoms with E-state index in [1.165, 1.54) is 367 Å². The summed E-state index contributed by atoms with van der Waals surface area (Å²) < 4.78 is 23.4. The number of likely N-dealkylation sites (tertiary alicyclic amines) is 2. The van der Waals surface area contributed by atoms with Crippen LogP contribution in [0.4, 0.5) is 0 Å². The molecule has 10 heteroatoms. The second-order valence-electron chi connectivity index (χ2n) is 35.3. The zero-order valence-corrected chi connectivity index (χ0v) is 73.2. The fraction of sp³-hybridized carbons (Fsp3) is 0.959. The van der Waals surface area contributed by atoms with E-state index in [0.29, 0.717) is 81.7 Å². The van der Waals surface area contributed by atoms with Gasteiger partial charge in [-0.05, 0) is 183 Å². The number of hydrogen-bond donors (Lipinski definition) is 0. The van der Waals surface area contributed by atoms with Crippen LogP contribution in [-0.2, 0) is 38.1 Å². The summed E-state index contributed by atoms with van der Waals surface area (Å²) in [5.41, 5.74) is 0. The minimum atomic E-state index is 0.00281. The number of carbonyl (C=O) groups is 4. The molecule has 632 valence electrons. The lowest BCUT2D eigenvalue weighted by molar-refractivity contribution is -0.145. The van der Waals surface area contributed by atoms with Gasteiger partial charge in [-0.2, -0.15) is 0 Å². The van der Waals surface area contributed by atoms with Crippen molar-refractivity contribution in [1.82, 2.24) is 9.80 Å². The lowest BCUT2D eigenvalue weighted by Gasteiger charge is -2.36. The maximum absolute atomic E-state index is 13.2. The van der Waals surface area contributed by atoms with Crippen LogP contribution in [-0.4, -0.2) is 99.4 Å². The van der Waals surface area contributed by atoms with Crippen LogP contribution in [0.25, 0.3) is 0 Å². The molecule has 2 rings (SSSR count). The molecule has 0 aromatic heterocycles. The molecular weight excluding hydrogens is 1320 g/mol. The average molecular weight is 1510 g/mol. The molecule has 0 aliphatic carbocycles. The van der Waals surface area contributed by atoms with Gasteiger partial charge in [0.15, 0.2) is 0 Å². The van der Waals surface area contributed by atoms with Crippen molar-refractivity contribution in [2.45, 2.75) is 486 Å². The Bertz CT molecular complexity index is 1920. The normalized spacial score (nSPS) is 15.5. The zero-order chi connectivity index (χ0) is 77.4. The lowest BCUT2D eigenvalue weighted by Crippen LogP contribution is -2.34. The number of carbonyl (C=O) groups excluding carboxylic acids is 4. The first-order chi connectivity index (χ1) is 52.5. The largest absolute Gasteiger partial charge is 0.466 e. The molecule has 0 saturated carbocycles. The molecule has 107 heavy (non-hydrogen) atoms. The van der Waals surface area contributed by atoms with E-state index < -0.39 is 0 Å². The first kappa shape index (κ1) is 101. The summed E-state index contributed by atoms with van der Waals surface area (Å²) in [6.07, 6.45) is 80.7. The Morgan fingerprint density at radius 3 is 0.813 bits per heavy atom. The number of ether oxygens (including phenoxy) is 4. The maximum atomic E-state index is 13.2. The summed E-state index contributed by atoms with van der Waals surface area (Å²) >= 11 is 0. The van der Waals surface area contributed by atoms with Crippen LogP contribution in [0.3, 0.4) is 0 Å². The van der Waals surface area contributed by atoms with E-state index in [1.54, 1.807) is 0 Å². The fourth-order valence-corrected chi connectivity index (χ4v) is 18.5. The van der Waals surface area contributed by atoms with E-state index in [4.69, 9.17) is 18.9 Å². The smallest absolute Gasteiger partial charge is 0.305 e. The third kappa shape index (κ3) is 60.1. The van der Waals surface area contributed by atoms with Crippen molar-refractivity contribution in [3.63, 3.8) is 0 Å². The highest BCUT2D eigenvalue weighted by molar-refractivity contribution is 5.70. The Hall–Kier alpha value is -2.20. The Morgan fingerprint density at radius 2 is 0.505 bits per heavy atom. The molecule has 6 atom stereocenters. The van der Waals surface area contributed by atoms with E-state index in [0.717, 1.165) is 94.8 Å². The van der Waals surface area contributed by atoms with Gasteiger partial charge >= 0.3 is 23.9 Å². The van der Waals surface area contributed by atoms with Crippen molar-refractivity contribution in [3.05, 3.63) is 0 Å². The van der Waals surface area contributed by atoms with Gasteiger partial charge in [0.25, 0.3) is 0 Å². The summed E-state index contributed by atoms with van der Waals surface area (Å²) in [6.45, 7) is 28.6. The topological polar surface area (TPSA) is 112 Å². The van der Waals surface area contributed by atoms with E-state index in [1.807, 2.05) is 0 Å². The van der Waals surface area contributed by atoms with Crippen LogP contribution in [0.5, 0.6) is 0 Å². The van der Waals surface area contributed by atoms with Gasteiger partial charge in [0.05, 0.1) is 26.4 Å². The van der Waals surface area contributed by atoms with Crippen LogP contribution in [0.15, 0.2) is 0 Å². The fourth-order valence-electron chi connectivity index (χ4n) is 18.5. The lowest BCUT2D eigenvalue weighted by atomic mass is 9.70. The number of hydrogen-bond acceptors (Lipinski definition) is 10. The summed E-state index contributed by atoms with van der Waals surface area (Å²) in [5, 5.41) is 0. The van der Waals surface area contributed by atoms with Crippen molar-refractivity contribution in [2.24, 2.45) is 47.3 Å². The van der Waals surface area contributed by atoms with Gasteiger partial charge in [-0.25, -0.2) is 0 Å². The van der Waals surface area contributed by atoms with Gasteiger partial charge in [-0.1, -0.05) is 351 Å². The van der Waals surface area contributed by atoms with Gasteiger partial charge in [0, 0.05) is 38.8 Å². The maximum Gasteiger partial charge on any atom is 0.305 e. The second-order valence-corrected chi connectivity index (χ2v) is 35.3. The molecule has 0 radical (unpaired) electrons. The van der Waals surface area contributed by atoms with E-state index in [-0.39, 0.29) is 23.9 Å². The van der Waals surface area contributed by atoms with Crippen molar-refractivity contribution in [3.8, 4) is 0 Å². The first-order valence-corrected chi connectivity index (χ1v) is 48.6. The Labute approximate surface area is 666 Å². The molecule has 10 nitrogen and oxygen atoms in total. The van der Waals surface area contributed by atoms with Crippen LogP contribution >= 0.6 is 0 Å². The predicted octanol–water partition coefficient (Wildman–Crippen LogP) is 29.0. The zero-order valence-electron chi connectivity index (χ0n) is 73.2. The number of nitrogens with zero attached hydrogens (tertiary/aromatic N) is 2. The van der Waals surface area contributed by atoms with Gasteiger partial charge in [-0.15, -0.1) is 0 Å². The summed E-state index contributed by atoms with van der Waals surface area (Å²) in [6, 6.07) is 0. The van der Waals surface area contributed by atoms with E-state index in [2.05, 4.69) is 65.2 Å². The van der Waals surface area contributed by atoms with Crippen LogP contribution in [0, 0.1) is 47.3 Å². The highest BCUT2D eigenvalue weighted by atomic mass is 16.5. The quantitative estimate of drug-likeness (QED) is 0.0331. The molecule has 0 N–H and O–H groups in total. The highest BCUT2D eigenvalue weighted by Crippen LogP contribution is 2.39. The molecule has 0 aromatic rings. The molecular formula is C97H186N2O8. The monoisotopic (exact) mass is 1510 g/mol. The number of rotatable bonds is 81. The molecule has 2 aliphatic heterocycles. The molecule has 0 bridgehead atoms. The minimum absolute atomic E-state index is 0.00281. The van der Waals surface area contributed by atoms with E-state index >= 15 is 0 Å². The van der Waals surface area contributed by atoms with Crippen molar-refractivity contribution < 1.29 is 38.1 Å². The molecule has 0 spiro atoms. The molecule has 2 aliphatic rings. The second kappa shape index (κ2) is 75.2. The third-order valence-electron chi connectivity index (χ3n) is 25.5. The van der Waals surface area contributed by atoms with Gasteiger partial charge in [-0.3, -0.25) is 19.2 Å². The molecule has 2 heterocycles. The average Bonchev–Trinajstić information content (AvgIpc) is 1.35. The highest BCUT2D eigenvalue weighted by Gasteiger charge is 2.30. The van der Waals surface area contributed by atoms with Crippen molar-refractivity contribution in [1.29, 1.82) is 0 Å².